The molecule has 4 unspecified atom stereocenters. The Labute approximate surface area is 172 Å². The Hall–Kier alpha value is 1.28. The standard InChI is InChI=1S/C11H10Cl2I3NO4/c1-4(18)17-10(15)3-5(14)6(8(12)19)11(16,21-2)7(10)9(13)20/h3,6-7H,1-2H3,(H,17,18). The number of methoxy groups -OCH3 is 1. The second-order valence-corrected chi connectivity index (χ2v) is 9.82. The van der Waals surface area contributed by atoms with Gasteiger partial charge in [-0.25, -0.2) is 0 Å². The molecule has 0 aromatic rings. The van der Waals surface area contributed by atoms with Gasteiger partial charge < -0.3 is 10.1 Å². The van der Waals surface area contributed by atoms with Crippen molar-refractivity contribution < 1.29 is 19.1 Å². The van der Waals surface area contributed by atoms with E-state index in [1.807, 2.05) is 67.8 Å². The molecule has 1 aliphatic carbocycles. The summed E-state index contributed by atoms with van der Waals surface area (Å²) in [5, 5.41) is 1.31. The number of ether oxygens (including phenoxy) is 1. The van der Waals surface area contributed by atoms with Crippen molar-refractivity contribution in [1.82, 2.24) is 5.32 Å². The van der Waals surface area contributed by atoms with Gasteiger partial charge in [0.1, 0.15) is 19.0 Å². The van der Waals surface area contributed by atoms with Gasteiger partial charge in [0.05, 0.1) is 0 Å². The SMILES string of the molecule is COC1(I)C(C(=O)Cl)C(I)=CC(I)(NC(C)=O)C1C(=O)Cl. The third-order valence-electron chi connectivity index (χ3n) is 2.97. The van der Waals surface area contributed by atoms with E-state index in [1.165, 1.54) is 14.0 Å². The molecule has 0 aromatic carbocycles. The van der Waals surface area contributed by atoms with E-state index in [0.29, 0.717) is 3.58 Å². The summed E-state index contributed by atoms with van der Waals surface area (Å²) >= 11 is 17.1. The average molecular weight is 672 g/mol. The lowest BCUT2D eigenvalue weighted by Crippen LogP contribution is -2.62. The van der Waals surface area contributed by atoms with Crippen LogP contribution in [0.5, 0.6) is 0 Å². The number of amides is 1. The van der Waals surface area contributed by atoms with Crippen LogP contribution < -0.4 is 5.32 Å². The van der Waals surface area contributed by atoms with Gasteiger partial charge in [-0.1, -0.05) is 0 Å². The zero-order chi connectivity index (χ0) is 16.6. The summed E-state index contributed by atoms with van der Waals surface area (Å²) in [5.41, 5.74) is 0. The fraction of sp³-hybridized carbons (Fsp3) is 0.545. The van der Waals surface area contributed by atoms with Gasteiger partial charge in [-0.05, 0) is 97.1 Å². The molecular weight excluding hydrogens is 662 g/mol. The van der Waals surface area contributed by atoms with Crippen LogP contribution in [0.4, 0.5) is 0 Å². The van der Waals surface area contributed by atoms with Gasteiger partial charge in [0.25, 0.3) is 0 Å². The quantitative estimate of drug-likeness (QED) is 0.216. The van der Waals surface area contributed by atoms with Crippen LogP contribution in [0.25, 0.3) is 0 Å². The molecule has 0 bridgehead atoms. The molecule has 5 nitrogen and oxygen atoms in total. The Morgan fingerprint density at radius 3 is 2.14 bits per heavy atom. The molecule has 0 spiro atoms. The minimum Gasteiger partial charge on any atom is -0.366 e. The predicted octanol–water partition coefficient (Wildman–Crippen LogP) is 3.13. The lowest BCUT2D eigenvalue weighted by atomic mass is 9.81. The fourth-order valence-corrected chi connectivity index (χ4v) is 9.43. The van der Waals surface area contributed by atoms with Gasteiger partial charge in [0.15, 0.2) is 0 Å². The third-order valence-corrected chi connectivity index (χ3v) is 7.23. The van der Waals surface area contributed by atoms with E-state index in [2.05, 4.69) is 5.32 Å². The number of hydrogen-bond acceptors (Lipinski definition) is 4. The van der Waals surface area contributed by atoms with Gasteiger partial charge in [-0.15, -0.1) is 0 Å². The van der Waals surface area contributed by atoms with E-state index in [-0.39, 0.29) is 5.91 Å². The molecule has 21 heavy (non-hydrogen) atoms. The van der Waals surface area contributed by atoms with E-state index < -0.39 is 29.5 Å². The van der Waals surface area contributed by atoms with Crippen LogP contribution >= 0.6 is 91.0 Å². The first kappa shape index (κ1) is 20.3. The summed E-state index contributed by atoms with van der Waals surface area (Å²) in [6.45, 7) is 1.33. The maximum atomic E-state index is 12.0. The largest absolute Gasteiger partial charge is 0.366 e. The molecule has 0 aromatic heterocycles. The molecule has 0 aliphatic heterocycles. The number of carbonyl (C=O) groups is 3. The summed E-state index contributed by atoms with van der Waals surface area (Å²) in [6.07, 6.45) is 1.61. The second-order valence-electron chi connectivity index (χ2n) is 4.35. The van der Waals surface area contributed by atoms with Crippen LogP contribution in [-0.4, -0.2) is 30.7 Å². The first-order valence-electron chi connectivity index (χ1n) is 5.48. The molecule has 0 saturated heterocycles. The zero-order valence-corrected chi connectivity index (χ0v) is 18.7. The highest BCUT2D eigenvalue weighted by molar-refractivity contribution is 14.1. The van der Waals surface area contributed by atoms with E-state index >= 15 is 0 Å². The molecule has 0 radical (unpaired) electrons. The van der Waals surface area contributed by atoms with Crippen molar-refractivity contribution in [1.29, 1.82) is 0 Å². The minimum atomic E-state index is -1.30. The first-order chi connectivity index (χ1) is 9.49. The molecule has 0 heterocycles. The van der Waals surface area contributed by atoms with Gasteiger partial charge in [0.2, 0.25) is 16.4 Å². The van der Waals surface area contributed by atoms with Crippen molar-refractivity contribution in [3.63, 3.8) is 0 Å². The lowest BCUT2D eigenvalue weighted by Gasteiger charge is -2.48. The van der Waals surface area contributed by atoms with Gasteiger partial charge in [0, 0.05) is 17.6 Å². The number of carbonyl (C=O) groups excluding carboxylic acids is 3. The molecule has 0 fully saturated rings. The molecule has 0 saturated carbocycles. The maximum absolute atomic E-state index is 12.0. The zero-order valence-electron chi connectivity index (χ0n) is 10.8. The van der Waals surface area contributed by atoms with E-state index in [4.69, 9.17) is 27.9 Å². The maximum Gasteiger partial charge on any atom is 0.233 e. The van der Waals surface area contributed by atoms with Crippen molar-refractivity contribution >= 4 is 107 Å². The van der Waals surface area contributed by atoms with Crippen LogP contribution in [0, 0.1) is 11.8 Å². The van der Waals surface area contributed by atoms with Gasteiger partial charge in [-0.3, -0.25) is 14.4 Å². The molecule has 10 heteroatoms. The fourth-order valence-electron chi connectivity index (χ4n) is 2.21. The Balaban J connectivity index is 3.59. The number of nitrogens with one attached hydrogen (secondary N) is 1. The Morgan fingerprint density at radius 2 is 1.81 bits per heavy atom. The minimum absolute atomic E-state index is 0.335. The average Bonchev–Trinajstić information content (AvgIpc) is 2.24. The summed E-state index contributed by atoms with van der Waals surface area (Å²) < 4.78 is 3.61. The summed E-state index contributed by atoms with van der Waals surface area (Å²) in [4.78, 5) is 35.2. The Bertz CT molecular complexity index is 530. The summed E-state index contributed by atoms with van der Waals surface area (Å²) in [6, 6.07) is 0. The third kappa shape index (κ3) is 4.03. The molecular formula is C11H10Cl2I3NO4. The van der Waals surface area contributed by atoms with Crippen molar-refractivity contribution in [2.75, 3.05) is 7.11 Å². The molecule has 4 atom stereocenters. The highest BCUT2D eigenvalue weighted by Crippen LogP contribution is 2.55. The molecule has 1 N–H and O–H groups in total. The van der Waals surface area contributed by atoms with Gasteiger partial charge >= 0.3 is 0 Å². The number of halogens is 5. The molecule has 1 rings (SSSR count). The van der Waals surface area contributed by atoms with Crippen LogP contribution in [0.2, 0.25) is 0 Å². The van der Waals surface area contributed by atoms with Crippen molar-refractivity contribution in [3.8, 4) is 0 Å². The van der Waals surface area contributed by atoms with Crippen molar-refractivity contribution in [2.45, 2.75) is 14.1 Å². The summed E-state index contributed by atoms with van der Waals surface area (Å²) in [5.74, 6) is -2.18. The Morgan fingerprint density at radius 1 is 1.29 bits per heavy atom. The van der Waals surface area contributed by atoms with Crippen LogP contribution in [0.3, 0.4) is 0 Å². The number of alkyl halides is 2. The van der Waals surface area contributed by atoms with Gasteiger partial charge in [-0.2, -0.15) is 0 Å². The Kier molecular flexibility index (Phi) is 7.21. The molecule has 1 amide bonds. The predicted molar refractivity (Wildman–Crippen MR) is 105 cm³/mol. The monoisotopic (exact) mass is 671 g/mol. The highest BCUT2D eigenvalue weighted by atomic mass is 127. The number of rotatable bonds is 4. The topological polar surface area (TPSA) is 72.5 Å². The molecule has 118 valence electrons. The van der Waals surface area contributed by atoms with Crippen molar-refractivity contribution in [3.05, 3.63) is 9.66 Å². The normalized spacial score (nSPS) is 35.9. The van der Waals surface area contributed by atoms with Crippen LogP contribution in [0.1, 0.15) is 6.92 Å². The van der Waals surface area contributed by atoms with E-state index in [0.717, 1.165) is 0 Å². The van der Waals surface area contributed by atoms with E-state index in [1.54, 1.807) is 6.08 Å². The highest BCUT2D eigenvalue weighted by Gasteiger charge is 2.61. The first-order valence-corrected chi connectivity index (χ1v) is 9.47. The van der Waals surface area contributed by atoms with E-state index in [9.17, 15) is 14.4 Å². The van der Waals surface area contributed by atoms with Crippen LogP contribution in [0.15, 0.2) is 9.66 Å². The van der Waals surface area contributed by atoms with Crippen LogP contribution in [-0.2, 0) is 19.1 Å². The second kappa shape index (κ2) is 7.45. The summed E-state index contributed by atoms with van der Waals surface area (Å²) in [7, 11) is 1.37. The number of hydrogen-bond donors (Lipinski definition) is 1. The van der Waals surface area contributed by atoms with Crippen molar-refractivity contribution in [2.24, 2.45) is 11.8 Å². The smallest absolute Gasteiger partial charge is 0.233 e. The lowest BCUT2D eigenvalue weighted by molar-refractivity contribution is -0.129. The molecule has 1 aliphatic rings.